The minimum absolute atomic E-state index is 0.388. The number of Topliss-reactive ketones (excluding diaryl/α,β-unsaturated/α-hetero) is 1. The molecule has 8 nitrogen and oxygen atoms in total. The smallest absolute Gasteiger partial charge is 0.338 e. The van der Waals surface area contributed by atoms with Crippen molar-refractivity contribution >= 4 is 23.7 Å². The molecule has 3 N–H and O–H groups in total. The second-order valence-corrected chi connectivity index (χ2v) is 11.9. The van der Waals surface area contributed by atoms with E-state index < -0.39 is 58.6 Å². The minimum Gasteiger partial charge on any atom is -0.481 e. The zero-order chi connectivity index (χ0) is 30.9. The van der Waals surface area contributed by atoms with Crippen LogP contribution in [0.4, 0.5) is 0 Å². The summed E-state index contributed by atoms with van der Waals surface area (Å²) in [5, 5.41) is 32.4. The molecule has 0 aliphatic carbocycles. The molecular weight excluding hydrogens is 512 g/mol. The summed E-state index contributed by atoms with van der Waals surface area (Å²) in [6.45, 7) is 12.3. The van der Waals surface area contributed by atoms with Crippen molar-refractivity contribution in [1.29, 1.82) is 0 Å². The lowest BCUT2D eigenvalue weighted by Gasteiger charge is -2.53. The molecule has 0 radical (unpaired) electrons. The predicted molar refractivity (Wildman–Crippen MR) is 157 cm³/mol. The fraction of sp³-hybridized carbons (Fsp3) is 0.875. The fourth-order valence-electron chi connectivity index (χ4n) is 6.63. The number of carboxylic acids is 3. The van der Waals surface area contributed by atoms with Gasteiger partial charge in [0.05, 0.1) is 6.10 Å². The second-order valence-electron chi connectivity index (χ2n) is 11.9. The highest BCUT2D eigenvalue weighted by Crippen LogP contribution is 2.55. The number of carbonyl (C=O) groups excluding carboxylic acids is 1. The van der Waals surface area contributed by atoms with Gasteiger partial charge in [0.25, 0.3) is 0 Å². The molecule has 0 aromatic rings. The van der Waals surface area contributed by atoms with Crippen LogP contribution in [0.25, 0.3) is 0 Å². The Hall–Kier alpha value is -1.96. The van der Waals surface area contributed by atoms with Gasteiger partial charge in [0.2, 0.25) is 5.60 Å². The van der Waals surface area contributed by atoms with Crippen LogP contribution in [0, 0.1) is 23.2 Å². The predicted octanol–water partition coefficient (Wildman–Crippen LogP) is 7.76. The van der Waals surface area contributed by atoms with Gasteiger partial charge in [0.15, 0.2) is 5.92 Å². The number of carboxylic acid groups (broad SMARTS) is 3. The number of hydrogen-bond donors (Lipinski definition) is 3. The van der Waals surface area contributed by atoms with E-state index >= 15 is 0 Å². The Labute approximate surface area is 242 Å². The van der Waals surface area contributed by atoms with Gasteiger partial charge in [-0.2, -0.15) is 0 Å². The van der Waals surface area contributed by atoms with E-state index in [4.69, 9.17) is 4.74 Å². The Morgan fingerprint density at radius 3 is 1.32 bits per heavy atom. The lowest BCUT2D eigenvalue weighted by Crippen LogP contribution is -2.71. The molecule has 0 saturated heterocycles. The van der Waals surface area contributed by atoms with Crippen molar-refractivity contribution in [1.82, 2.24) is 0 Å². The van der Waals surface area contributed by atoms with Gasteiger partial charge in [-0.05, 0) is 44.9 Å². The zero-order valence-electron chi connectivity index (χ0n) is 26.3. The first-order valence-electron chi connectivity index (χ1n) is 15.7. The summed E-state index contributed by atoms with van der Waals surface area (Å²) in [7, 11) is 0. The number of rotatable bonds is 25. The van der Waals surface area contributed by atoms with Crippen LogP contribution in [-0.2, 0) is 23.9 Å². The summed E-state index contributed by atoms with van der Waals surface area (Å²) >= 11 is 0. The topological polar surface area (TPSA) is 138 Å². The molecule has 0 aromatic heterocycles. The monoisotopic (exact) mass is 570 g/mol. The van der Waals surface area contributed by atoms with E-state index in [2.05, 4.69) is 20.8 Å². The van der Waals surface area contributed by atoms with Gasteiger partial charge in [-0.15, -0.1) is 0 Å². The third-order valence-electron chi connectivity index (χ3n) is 8.73. The van der Waals surface area contributed by atoms with E-state index in [9.17, 15) is 34.5 Å². The number of ether oxygens (including phenoxy) is 1. The average Bonchev–Trinajstić information content (AvgIpc) is 2.86. The van der Waals surface area contributed by atoms with Crippen molar-refractivity contribution in [2.24, 2.45) is 23.2 Å². The number of carbonyl (C=O) groups is 4. The normalized spacial score (nSPS) is 17.7. The third kappa shape index (κ3) is 9.56. The molecule has 0 aliphatic rings. The molecule has 0 spiro atoms. The Morgan fingerprint density at radius 2 is 1.02 bits per heavy atom. The summed E-state index contributed by atoms with van der Waals surface area (Å²) in [6.07, 6.45) is 11.0. The highest BCUT2D eigenvalue weighted by molar-refractivity contribution is 6.06. The number of unbranched alkanes of at least 4 members (excludes halogenated alkanes) is 9. The van der Waals surface area contributed by atoms with Crippen molar-refractivity contribution in [3.05, 3.63) is 0 Å². The van der Waals surface area contributed by atoms with Crippen LogP contribution in [0.5, 0.6) is 0 Å². The standard InChI is InChI=1S/C32H58O8/c1-8-11-14-17-20-23(4)31(29(36)37,24(5)21-18-15-12-9-2)32(30(38)39,27(26(7)33)28(34)35)40-25(6)22-19-16-13-10-3/h23-25,27H,8-22H2,1-7H3,(H,34,35)(H,36,37)(H,38,39). The van der Waals surface area contributed by atoms with E-state index in [1.54, 1.807) is 20.8 Å². The Kier molecular flexibility index (Phi) is 18.3. The summed E-state index contributed by atoms with van der Waals surface area (Å²) in [5.74, 6) is -9.38. The quantitative estimate of drug-likeness (QED) is 0.0747. The Morgan fingerprint density at radius 1 is 0.625 bits per heavy atom. The summed E-state index contributed by atoms with van der Waals surface area (Å²) in [5.41, 5.74) is -4.93. The molecule has 5 unspecified atom stereocenters. The largest absolute Gasteiger partial charge is 0.481 e. The maximum Gasteiger partial charge on any atom is 0.338 e. The molecule has 0 aromatic carbocycles. The first kappa shape index (κ1) is 38.0. The van der Waals surface area contributed by atoms with E-state index in [1.165, 1.54) is 0 Å². The molecule has 8 heteroatoms. The van der Waals surface area contributed by atoms with Gasteiger partial charge in [0.1, 0.15) is 11.2 Å². The molecule has 0 saturated carbocycles. The van der Waals surface area contributed by atoms with Gasteiger partial charge < -0.3 is 20.1 Å². The summed E-state index contributed by atoms with van der Waals surface area (Å²) < 4.78 is 6.31. The molecule has 0 heterocycles. The van der Waals surface area contributed by atoms with Gasteiger partial charge in [-0.25, -0.2) is 4.79 Å². The van der Waals surface area contributed by atoms with E-state index in [0.717, 1.165) is 71.1 Å². The fourth-order valence-corrected chi connectivity index (χ4v) is 6.63. The van der Waals surface area contributed by atoms with Crippen molar-refractivity contribution in [3.63, 3.8) is 0 Å². The Balaban J connectivity index is 7.28. The minimum atomic E-state index is -2.78. The van der Waals surface area contributed by atoms with Crippen LogP contribution < -0.4 is 0 Å². The maximum absolute atomic E-state index is 13.6. The van der Waals surface area contributed by atoms with Gasteiger partial charge in [-0.1, -0.05) is 112 Å². The SMILES string of the molecule is CCCCCCC(C)OC(C(=O)O)(C(C(C)=O)C(=O)O)C(C(=O)O)(C(C)CCCCCC)C(C)CCCCCC. The van der Waals surface area contributed by atoms with Crippen LogP contribution in [0.1, 0.15) is 145 Å². The molecule has 0 bridgehead atoms. The second kappa shape index (κ2) is 19.2. The molecule has 0 fully saturated rings. The molecule has 5 atom stereocenters. The molecule has 0 aliphatic heterocycles. The van der Waals surface area contributed by atoms with Crippen molar-refractivity contribution < 1.29 is 39.2 Å². The Bertz CT molecular complexity index is 747. The number of hydrogen-bond acceptors (Lipinski definition) is 5. The van der Waals surface area contributed by atoms with E-state index in [1.807, 2.05) is 0 Å². The van der Waals surface area contributed by atoms with Gasteiger partial charge in [0, 0.05) is 0 Å². The number of aliphatic carboxylic acids is 3. The molecule has 0 amide bonds. The molecule has 0 rings (SSSR count). The third-order valence-corrected chi connectivity index (χ3v) is 8.73. The summed E-state index contributed by atoms with van der Waals surface area (Å²) in [4.78, 5) is 52.8. The van der Waals surface area contributed by atoms with Crippen LogP contribution in [0.15, 0.2) is 0 Å². The van der Waals surface area contributed by atoms with E-state index in [-0.39, 0.29) is 0 Å². The lowest BCUT2D eigenvalue weighted by atomic mass is 9.52. The maximum atomic E-state index is 13.6. The van der Waals surface area contributed by atoms with Crippen molar-refractivity contribution in [2.75, 3.05) is 0 Å². The van der Waals surface area contributed by atoms with Crippen molar-refractivity contribution in [3.8, 4) is 0 Å². The molecule has 234 valence electrons. The van der Waals surface area contributed by atoms with Gasteiger partial charge >= 0.3 is 17.9 Å². The van der Waals surface area contributed by atoms with Crippen LogP contribution in [0.2, 0.25) is 0 Å². The molecule has 40 heavy (non-hydrogen) atoms. The van der Waals surface area contributed by atoms with Crippen LogP contribution in [-0.4, -0.2) is 50.7 Å². The van der Waals surface area contributed by atoms with Crippen molar-refractivity contribution in [2.45, 2.75) is 156 Å². The first-order chi connectivity index (χ1) is 18.8. The average molecular weight is 571 g/mol. The first-order valence-corrected chi connectivity index (χ1v) is 15.7. The lowest BCUT2D eigenvalue weighted by molar-refractivity contribution is -0.243. The van der Waals surface area contributed by atoms with E-state index in [0.29, 0.717) is 32.1 Å². The molecular formula is C32H58O8. The summed E-state index contributed by atoms with van der Waals surface area (Å²) in [6, 6.07) is 0. The van der Waals surface area contributed by atoms with Gasteiger partial charge in [-0.3, -0.25) is 14.4 Å². The highest BCUT2D eigenvalue weighted by atomic mass is 16.5. The zero-order valence-corrected chi connectivity index (χ0v) is 26.3. The van der Waals surface area contributed by atoms with Crippen LogP contribution in [0.3, 0.4) is 0 Å². The van der Waals surface area contributed by atoms with Crippen LogP contribution >= 0.6 is 0 Å². The highest BCUT2D eigenvalue weighted by Gasteiger charge is 2.73. The number of ketones is 1.